The first-order valence-electron chi connectivity index (χ1n) is 8.43. The predicted octanol–water partition coefficient (Wildman–Crippen LogP) is 2.25. The van der Waals surface area contributed by atoms with E-state index in [-0.39, 0.29) is 5.60 Å². The average molecular weight is 345 g/mol. The number of rotatable bonds is 3. The highest BCUT2D eigenvalue weighted by Gasteiger charge is 2.40. The number of hydrogen-bond acceptors (Lipinski definition) is 6. The van der Waals surface area contributed by atoms with E-state index >= 15 is 0 Å². The second kappa shape index (κ2) is 7.19. The van der Waals surface area contributed by atoms with E-state index in [2.05, 4.69) is 37.7 Å². The molecule has 0 N–H and O–H groups in total. The molecule has 2 saturated heterocycles. The molecule has 0 unspecified atom stereocenters. The van der Waals surface area contributed by atoms with Gasteiger partial charge in [0.1, 0.15) is 5.60 Å². The van der Waals surface area contributed by atoms with E-state index in [4.69, 9.17) is 9.47 Å². The molecule has 5 nitrogen and oxygen atoms in total. The molecule has 2 aromatic rings. The maximum atomic E-state index is 6.26. The van der Waals surface area contributed by atoms with Crippen molar-refractivity contribution in [1.82, 2.24) is 9.88 Å². The summed E-state index contributed by atoms with van der Waals surface area (Å²) in [4.78, 5) is 9.09. The molecule has 0 bridgehead atoms. The van der Waals surface area contributed by atoms with Gasteiger partial charge in [0.05, 0.1) is 38.2 Å². The van der Waals surface area contributed by atoms with Gasteiger partial charge >= 0.3 is 0 Å². The Balaban J connectivity index is 1.49. The predicted molar refractivity (Wildman–Crippen MR) is 95.5 cm³/mol. The molecule has 0 radical (unpaired) electrons. The van der Waals surface area contributed by atoms with Crippen molar-refractivity contribution in [3.63, 3.8) is 0 Å². The fourth-order valence-corrected chi connectivity index (χ4v) is 4.21. The maximum absolute atomic E-state index is 6.26. The van der Waals surface area contributed by atoms with Gasteiger partial charge in [0.2, 0.25) is 0 Å². The number of thiophene rings is 1. The van der Waals surface area contributed by atoms with Crippen molar-refractivity contribution < 1.29 is 9.47 Å². The standard InChI is InChI=1S/C18H23N3O2S/c1-2-17(10-19-4-1)21-6-7-22-15-18(14-21)13-20(5-8-23-18)11-16-3-9-24-12-16/h1-4,9-10,12H,5-8,11,13-15H2/t18-/m1/s1. The van der Waals surface area contributed by atoms with Gasteiger partial charge in [-0.1, -0.05) is 0 Å². The van der Waals surface area contributed by atoms with Gasteiger partial charge in [0.15, 0.2) is 0 Å². The molecular formula is C18H23N3O2S. The number of aromatic nitrogens is 1. The molecule has 2 aliphatic heterocycles. The van der Waals surface area contributed by atoms with E-state index in [1.807, 2.05) is 18.5 Å². The molecule has 0 amide bonds. The summed E-state index contributed by atoms with van der Waals surface area (Å²) in [6.07, 6.45) is 3.73. The van der Waals surface area contributed by atoms with Crippen LogP contribution in [0.2, 0.25) is 0 Å². The van der Waals surface area contributed by atoms with Gasteiger partial charge in [-0.15, -0.1) is 0 Å². The third-order valence-electron chi connectivity index (χ3n) is 4.67. The van der Waals surface area contributed by atoms with Crippen LogP contribution in [0.5, 0.6) is 0 Å². The van der Waals surface area contributed by atoms with Gasteiger partial charge in [0, 0.05) is 32.4 Å². The van der Waals surface area contributed by atoms with Crippen LogP contribution in [0, 0.1) is 0 Å². The Morgan fingerprint density at radius 2 is 2.21 bits per heavy atom. The molecule has 2 aromatic heterocycles. The third kappa shape index (κ3) is 3.62. The van der Waals surface area contributed by atoms with Crippen LogP contribution in [-0.2, 0) is 16.0 Å². The molecule has 24 heavy (non-hydrogen) atoms. The van der Waals surface area contributed by atoms with Gasteiger partial charge in [-0.3, -0.25) is 9.88 Å². The lowest BCUT2D eigenvalue weighted by molar-refractivity contribution is -0.134. The molecule has 0 saturated carbocycles. The lowest BCUT2D eigenvalue weighted by atomic mass is 10.0. The Labute approximate surface area is 146 Å². The Bertz CT molecular complexity index is 637. The molecule has 2 fully saturated rings. The van der Waals surface area contributed by atoms with Crippen molar-refractivity contribution in [2.75, 3.05) is 50.9 Å². The van der Waals surface area contributed by atoms with Crippen LogP contribution >= 0.6 is 11.3 Å². The first-order chi connectivity index (χ1) is 11.8. The zero-order valence-corrected chi connectivity index (χ0v) is 14.6. The minimum Gasteiger partial charge on any atom is -0.376 e. The second-order valence-corrected chi connectivity index (χ2v) is 7.34. The molecule has 1 atom stereocenters. The molecule has 1 spiro atoms. The summed E-state index contributed by atoms with van der Waals surface area (Å²) in [7, 11) is 0. The number of morpholine rings is 1. The SMILES string of the molecule is c1cncc(N2CCOC[C@@]3(CN(Cc4ccsc4)CCO3)C2)c1. The van der Waals surface area contributed by atoms with Crippen LogP contribution in [0.3, 0.4) is 0 Å². The van der Waals surface area contributed by atoms with E-state index < -0.39 is 0 Å². The summed E-state index contributed by atoms with van der Waals surface area (Å²) >= 11 is 1.76. The van der Waals surface area contributed by atoms with Crippen molar-refractivity contribution in [3.8, 4) is 0 Å². The minimum atomic E-state index is -0.263. The van der Waals surface area contributed by atoms with Crippen LogP contribution in [0.1, 0.15) is 5.56 Å². The topological polar surface area (TPSA) is 37.8 Å². The van der Waals surface area contributed by atoms with Crippen LogP contribution < -0.4 is 4.90 Å². The summed E-state index contributed by atoms with van der Waals surface area (Å²) in [6.45, 7) is 6.73. The van der Waals surface area contributed by atoms with Gasteiger partial charge in [-0.05, 0) is 34.5 Å². The molecule has 0 aliphatic carbocycles. The van der Waals surface area contributed by atoms with Crippen LogP contribution in [0.15, 0.2) is 41.4 Å². The molecule has 4 heterocycles. The molecule has 6 heteroatoms. The van der Waals surface area contributed by atoms with Crippen molar-refractivity contribution >= 4 is 17.0 Å². The van der Waals surface area contributed by atoms with Crippen molar-refractivity contribution in [2.45, 2.75) is 12.1 Å². The van der Waals surface area contributed by atoms with Crippen LogP contribution in [0.25, 0.3) is 0 Å². The van der Waals surface area contributed by atoms with Crippen LogP contribution in [-0.4, -0.2) is 61.5 Å². The summed E-state index contributed by atoms with van der Waals surface area (Å²) in [5.41, 5.74) is 2.26. The zero-order chi connectivity index (χ0) is 16.2. The van der Waals surface area contributed by atoms with E-state index in [0.29, 0.717) is 6.61 Å². The van der Waals surface area contributed by atoms with E-state index in [9.17, 15) is 0 Å². The lowest BCUT2D eigenvalue weighted by Gasteiger charge is -2.43. The van der Waals surface area contributed by atoms with E-state index in [1.165, 1.54) is 5.56 Å². The summed E-state index contributed by atoms with van der Waals surface area (Å²) in [5.74, 6) is 0. The third-order valence-corrected chi connectivity index (χ3v) is 5.41. The van der Waals surface area contributed by atoms with Gasteiger partial charge in [-0.25, -0.2) is 0 Å². The number of ether oxygens (including phenoxy) is 2. The molecular weight excluding hydrogens is 322 g/mol. The van der Waals surface area contributed by atoms with Gasteiger partial charge in [0.25, 0.3) is 0 Å². The van der Waals surface area contributed by atoms with Crippen LogP contribution in [0.4, 0.5) is 5.69 Å². The Kier molecular flexibility index (Phi) is 4.80. The summed E-state index contributed by atoms with van der Waals surface area (Å²) in [5, 5.41) is 4.37. The lowest BCUT2D eigenvalue weighted by Crippen LogP contribution is -2.58. The highest BCUT2D eigenvalue weighted by Crippen LogP contribution is 2.26. The second-order valence-electron chi connectivity index (χ2n) is 6.56. The fourth-order valence-electron chi connectivity index (χ4n) is 3.55. The first-order valence-corrected chi connectivity index (χ1v) is 9.37. The maximum Gasteiger partial charge on any atom is 0.121 e. The molecule has 2 aliphatic rings. The molecule has 128 valence electrons. The monoisotopic (exact) mass is 345 g/mol. The molecule has 4 rings (SSSR count). The average Bonchev–Trinajstić information content (AvgIpc) is 3.03. The quantitative estimate of drug-likeness (QED) is 0.853. The van der Waals surface area contributed by atoms with E-state index in [1.54, 1.807) is 11.3 Å². The number of nitrogens with zero attached hydrogens (tertiary/aromatic N) is 3. The fraction of sp³-hybridized carbons (Fsp3) is 0.500. The highest BCUT2D eigenvalue weighted by molar-refractivity contribution is 7.07. The van der Waals surface area contributed by atoms with E-state index in [0.717, 1.165) is 51.6 Å². The minimum absolute atomic E-state index is 0.263. The summed E-state index contributed by atoms with van der Waals surface area (Å²) < 4.78 is 12.2. The number of pyridine rings is 1. The van der Waals surface area contributed by atoms with Crippen molar-refractivity contribution in [1.29, 1.82) is 0 Å². The Morgan fingerprint density at radius 3 is 3.04 bits per heavy atom. The largest absolute Gasteiger partial charge is 0.376 e. The highest BCUT2D eigenvalue weighted by atomic mass is 32.1. The van der Waals surface area contributed by atoms with Crippen molar-refractivity contribution in [3.05, 3.63) is 46.9 Å². The van der Waals surface area contributed by atoms with Gasteiger partial charge < -0.3 is 14.4 Å². The summed E-state index contributed by atoms with van der Waals surface area (Å²) in [6, 6.07) is 6.30. The van der Waals surface area contributed by atoms with Crippen molar-refractivity contribution in [2.24, 2.45) is 0 Å². The first kappa shape index (κ1) is 16.0. The number of hydrogen-bond donors (Lipinski definition) is 0. The zero-order valence-electron chi connectivity index (χ0n) is 13.8. The molecule has 0 aromatic carbocycles. The number of anilines is 1. The normalized spacial score (nSPS) is 25.8. The Morgan fingerprint density at radius 1 is 1.21 bits per heavy atom. The van der Waals surface area contributed by atoms with Gasteiger partial charge in [-0.2, -0.15) is 11.3 Å². The smallest absolute Gasteiger partial charge is 0.121 e. The Hall–Kier alpha value is -1.47.